The van der Waals surface area contributed by atoms with E-state index in [9.17, 15) is 0 Å². The molecule has 0 saturated carbocycles. The minimum absolute atomic E-state index is 0.535. The van der Waals surface area contributed by atoms with Crippen molar-refractivity contribution < 1.29 is 4.42 Å². The van der Waals surface area contributed by atoms with Crippen LogP contribution in [0.15, 0.2) is 58.1 Å². The van der Waals surface area contributed by atoms with Gasteiger partial charge in [-0.1, -0.05) is 23.8 Å². The Balaban J connectivity index is 1.55. The molecule has 0 bridgehead atoms. The molecule has 3 aromatic rings. The van der Waals surface area contributed by atoms with Gasteiger partial charge in [0.25, 0.3) is 0 Å². The number of nitrogens with zero attached hydrogens (tertiary/aromatic N) is 3. The van der Waals surface area contributed by atoms with E-state index >= 15 is 0 Å². The molecule has 2 aromatic carbocycles. The Morgan fingerprint density at radius 3 is 2.41 bits per heavy atom. The summed E-state index contributed by atoms with van der Waals surface area (Å²) in [5, 5.41) is 6.64. The predicted molar refractivity (Wildman–Crippen MR) is 119 cm³/mol. The van der Waals surface area contributed by atoms with Crippen molar-refractivity contribution in [3.8, 4) is 11.5 Å². The van der Waals surface area contributed by atoms with Crippen LogP contribution in [0.4, 0.5) is 5.69 Å². The molecular formula is C23H29N5O. The summed E-state index contributed by atoms with van der Waals surface area (Å²) in [4.78, 5) is 11.0. The van der Waals surface area contributed by atoms with Crippen LogP contribution in [-0.2, 0) is 13.1 Å². The Bertz CT molecular complexity index is 973. The molecular weight excluding hydrogens is 362 g/mol. The van der Waals surface area contributed by atoms with E-state index in [1.165, 1.54) is 22.4 Å². The van der Waals surface area contributed by atoms with E-state index in [4.69, 9.17) is 4.42 Å². The smallest absolute Gasteiger partial charge is 0.226 e. The molecule has 0 unspecified atom stereocenters. The fourth-order valence-electron chi connectivity index (χ4n) is 2.95. The summed E-state index contributed by atoms with van der Waals surface area (Å²) < 4.78 is 5.62. The summed E-state index contributed by atoms with van der Waals surface area (Å²) >= 11 is 0. The van der Waals surface area contributed by atoms with Crippen molar-refractivity contribution in [2.45, 2.75) is 26.9 Å². The lowest BCUT2D eigenvalue weighted by Crippen LogP contribution is -2.36. The highest BCUT2D eigenvalue weighted by molar-refractivity contribution is 5.79. The van der Waals surface area contributed by atoms with Crippen LogP contribution in [0, 0.1) is 13.8 Å². The summed E-state index contributed by atoms with van der Waals surface area (Å²) in [6.07, 6.45) is 1.68. The molecule has 2 N–H and O–H groups in total. The molecule has 0 aliphatic carbocycles. The van der Waals surface area contributed by atoms with Gasteiger partial charge in [-0.3, -0.25) is 4.99 Å². The number of hydrogen-bond acceptors (Lipinski definition) is 4. The van der Waals surface area contributed by atoms with Crippen LogP contribution >= 0.6 is 0 Å². The molecule has 0 amide bonds. The molecule has 0 radical (unpaired) electrons. The van der Waals surface area contributed by atoms with Gasteiger partial charge in [-0.05, 0) is 49.2 Å². The van der Waals surface area contributed by atoms with E-state index < -0.39 is 0 Å². The van der Waals surface area contributed by atoms with Crippen molar-refractivity contribution in [2.75, 3.05) is 26.0 Å². The third-order valence-corrected chi connectivity index (χ3v) is 4.80. The topological polar surface area (TPSA) is 65.7 Å². The standard InChI is InChI=1S/C23H29N5O/c1-16-6-8-18(9-7-16)22-27-20(15-29-22)14-26-23(24-3)25-13-19-10-11-21(28(4)5)12-17(19)2/h6-12,15H,13-14H2,1-5H3,(H2,24,25,26). The molecule has 0 aliphatic rings. The quantitative estimate of drug-likeness (QED) is 0.493. The van der Waals surface area contributed by atoms with E-state index in [1.54, 1.807) is 13.3 Å². The number of anilines is 1. The number of guanidine groups is 1. The highest BCUT2D eigenvalue weighted by atomic mass is 16.3. The third-order valence-electron chi connectivity index (χ3n) is 4.80. The zero-order valence-electron chi connectivity index (χ0n) is 17.8. The average molecular weight is 392 g/mol. The minimum Gasteiger partial charge on any atom is -0.444 e. The maximum absolute atomic E-state index is 5.62. The van der Waals surface area contributed by atoms with Gasteiger partial charge >= 0.3 is 0 Å². The SMILES string of the molecule is CN=C(NCc1coc(-c2ccc(C)cc2)n1)NCc1ccc(N(C)C)cc1C. The van der Waals surface area contributed by atoms with Gasteiger partial charge < -0.3 is 20.0 Å². The van der Waals surface area contributed by atoms with Gasteiger partial charge in [0, 0.05) is 38.9 Å². The van der Waals surface area contributed by atoms with Crippen molar-refractivity contribution in [1.82, 2.24) is 15.6 Å². The van der Waals surface area contributed by atoms with Crippen LogP contribution in [-0.4, -0.2) is 32.1 Å². The molecule has 0 atom stereocenters. The average Bonchev–Trinajstić information content (AvgIpc) is 3.18. The first-order valence-electron chi connectivity index (χ1n) is 9.69. The lowest BCUT2D eigenvalue weighted by molar-refractivity contribution is 0.572. The van der Waals surface area contributed by atoms with Gasteiger partial charge in [0.2, 0.25) is 5.89 Å². The second kappa shape index (κ2) is 9.28. The second-order valence-electron chi connectivity index (χ2n) is 7.29. The van der Waals surface area contributed by atoms with E-state index in [-0.39, 0.29) is 0 Å². The summed E-state index contributed by atoms with van der Waals surface area (Å²) in [5.74, 6) is 1.35. The Kier molecular flexibility index (Phi) is 6.54. The molecule has 6 nitrogen and oxygen atoms in total. The predicted octanol–water partition coefficient (Wildman–Crippen LogP) is 3.89. The molecule has 0 aliphatic heterocycles. The zero-order chi connectivity index (χ0) is 20.8. The summed E-state index contributed by atoms with van der Waals surface area (Å²) in [6, 6.07) is 14.6. The van der Waals surface area contributed by atoms with Crippen LogP contribution in [0.2, 0.25) is 0 Å². The van der Waals surface area contributed by atoms with Crippen LogP contribution in [0.5, 0.6) is 0 Å². The van der Waals surface area contributed by atoms with E-state index in [0.717, 1.165) is 17.2 Å². The first kappa shape index (κ1) is 20.5. The molecule has 6 heteroatoms. The van der Waals surface area contributed by atoms with Gasteiger partial charge in [0.1, 0.15) is 6.26 Å². The molecule has 1 heterocycles. The first-order valence-corrected chi connectivity index (χ1v) is 9.69. The Labute approximate surface area is 172 Å². The molecule has 0 saturated heterocycles. The Hall–Kier alpha value is -3.28. The number of benzene rings is 2. The molecule has 152 valence electrons. The van der Waals surface area contributed by atoms with Crippen LogP contribution in [0.3, 0.4) is 0 Å². The fourth-order valence-corrected chi connectivity index (χ4v) is 2.95. The number of nitrogens with one attached hydrogen (secondary N) is 2. The van der Waals surface area contributed by atoms with E-state index in [2.05, 4.69) is 69.7 Å². The van der Waals surface area contributed by atoms with Crippen LogP contribution in [0.25, 0.3) is 11.5 Å². The Morgan fingerprint density at radius 2 is 1.76 bits per heavy atom. The maximum Gasteiger partial charge on any atom is 0.226 e. The lowest BCUT2D eigenvalue weighted by Gasteiger charge is -2.16. The summed E-state index contributed by atoms with van der Waals surface area (Å²) in [7, 11) is 5.86. The molecule has 1 aromatic heterocycles. The lowest BCUT2D eigenvalue weighted by atomic mass is 10.1. The van der Waals surface area contributed by atoms with Crippen molar-refractivity contribution in [3.05, 3.63) is 71.1 Å². The van der Waals surface area contributed by atoms with Gasteiger partial charge in [-0.25, -0.2) is 4.98 Å². The molecule has 0 spiro atoms. The van der Waals surface area contributed by atoms with Gasteiger partial charge in [0.05, 0.1) is 12.2 Å². The van der Waals surface area contributed by atoms with Crippen LogP contribution < -0.4 is 15.5 Å². The fraction of sp³-hybridized carbons (Fsp3) is 0.304. The second-order valence-corrected chi connectivity index (χ2v) is 7.29. The first-order chi connectivity index (χ1) is 14.0. The summed E-state index contributed by atoms with van der Waals surface area (Å²) in [5.41, 5.74) is 6.70. The van der Waals surface area contributed by atoms with Crippen molar-refractivity contribution in [2.24, 2.45) is 4.99 Å². The van der Waals surface area contributed by atoms with Crippen molar-refractivity contribution in [1.29, 1.82) is 0 Å². The number of aryl methyl sites for hydroxylation is 2. The highest BCUT2D eigenvalue weighted by Gasteiger charge is 2.08. The maximum atomic E-state index is 5.62. The van der Waals surface area contributed by atoms with Gasteiger partial charge in [-0.15, -0.1) is 0 Å². The molecule has 0 fully saturated rings. The van der Waals surface area contributed by atoms with Crippen molar-refractivity contribution >= 4 is 11.6 Å². The number of hydrogen-bond donors (Lipinski definition) is 2. The zero-order valence-corrected chi connectivity index (χ0v) is 17.8. The third kappa shape index (κ3) is 5.38. The van der Waals surface area contributed by atoms with Crippen LogP contribution in [0.1, 0.15) is 22.4 Å². The number of rotatable bonds is 6. The monoisotopic (exact) mass is 391 g/mol. The van der Waals surface area contributed by atoms with Crippen molar-refractivity contribution in [3.63, 3.8) is 0 Å². The minimum atomic E-state index is 0.535. The highest BCUT2D eigenvalue weighted by Crippen LogP contribution is 2.19. The van der Waals surface area contributed by atoms with E-state index in [1.807, 2.05) is 26.2 Å². The summed E-state index contributed by atoms with van der Waals surface area (Å²) in [6.45, 7) is 5.42. The number of aliphatic imine (C=N–C) groups is 1. The van der Waals surface area contributed by atoms with E-state index in [0.29, 0.717) is 19.0 Å². The molecule has 3 rings (SSSR count). The van der Waals surface area contributed by atoms with Gasteiger partial charge in [0.15, 0.2) is 5.96 Å². The van der Waals surface area contributed by atoms with Gasteiger partial charge in [-0.2, -0.15) is 0 Å². The number of oxazole rings is 1. The largest absolute Gasteiger partial charge is 0.444 e. The number of aromatic nitrogens is 1. The normalized spacial score (nSPS) is 11.4. The molecule has 29 heavy (non-hydrogen) atoms. The Morgan fingerprint density at radius 1 is 1.03 bits per heavy atom.